The third kappa shape index (κ3) is 4.71. The molecule has 0 unspecified atom stereocenters. The van der Waals surface area contributed by atoms with Crippen LogP contribution in [0.25, 0.3) is 0 Å². The minimum atomic E-state index is -0.687. The van der Waals surface area contributed by atoms with Crippen molar-refractivity contribution in [1.29, 1.82) is 0 Å². The van der Waals surface area contributed by atoms with Crippen molar-refractivity contribution in [3.05, 3.63) is 53.6 Å². The molecule has 0 fully saturated rings. The molecule has 0 radical (unpaired) electrons. The first-order chi connectivity index (χ1) is 11.9. The number of anilines is 2. The number of amides is 2. The Kier molecular flexibility index (Phi) is 5.57. The maximum atomic E-state index is 11.9. The van der Waals surface area contributed by atoms with Gasteiger partial charge in [-0.25, -0.2) is 4.79 Å². The van der Waals surface area contributed by atoms with Crippen LogP contribution < -0.4 is 21.5 Å². The molecule has 0 heterocycles. The topological polar surface area (TPSA) is 134 Å². The zero-order valence-electron chi connectivity index (χ0n) is 13.4. The second kappa shape index (κ2) is 7.82. The Bertz CT molecular complexity index is 802. The number of methoxy groups -OCH3 is 1. The number of carbonyl (C=O) groups excluding carboxylic acids is 3. The van der Waals surface area contributed by atoms with Gasteiger partial charge >= 0.3 is 5.97 Å². The van der Waals surface area contributed by atoms with E-state index >= 15 is 0 Å². The fourth-order valence-corrected chi connectivity index (χ4v) is 1.99. The lowest BCUT2D eigenvalue weighted by Crippen LogP contribution is -2.21. The first-order valence-corrected chi connectivity index (χ1v) is 7.21. The maximum absolute atomic E-state index is 11.9. The molecule has 2 amide bonds. The largest absolute Gasteiger partial charge is 0.495 e. The van der Waals surface area contributed by atoms with Gasteiger partial charge in [0.05, 0.1) is 18.4 Å². The van der Waals surface area contributed by atoms with Gasteiger partial charge in [-0.2, -0.15) is 0 Å². The van der Waals surface area contributed by atoms with Crippen molar-refractivity contribution < 1.29 is 23.9 Å². The summed E-state index contributed by atoms with van der Waals surface area (Å²) in [5, 5.41) is 2.53. The highest BCUT2D eigenvalue weighted by Gasteiger charge is 2.12. The van der Waals surface area contributed by atoms with Crippen molar-refractivity contribution in [2.45, 2.75) is 0 Å². The van der Waals surface area contributed by atoms with Crippen LogP contribution in [0.15, 0.2) is 42.5 Å². The van der Waals surface area contributed by atoms with Crippen molar-refractivity contribution in [2.75, 3.05) is 24.8 Å². The van der Waals surface area contributed by atoms with E-state index in [1.807, 2.05) is 0 Å². The summed E-state index contributed by atoms with van der Waals surface area (Å²) >= 11 is 0. The van der Waals surface area contributed by atoms with Gasteiger partial charge in [0.25, 0.3) is 5.91 Å². The van der Waals surface area contributed by atoms with Crippen LogP contribution in [0.3, 0.4) is 0 Å². The maximum Gasteiger partial charge on any atom is 0.338 e. The zero-order valence-corrected chi connectivity index (χ0v) is 13.4. The predicted molar refractivity (Wildman–Crippen MR) is 91.3 cm³/mol. The Labute approximate surface area is 143 Å². The van der Waals surface area contributed by atoms with Crippen LogP contribution in [0, 0.1) is 0 Å². The first kappa shape index (κ1) is 17.8. The van der Waals surface area contributed by atoms with Crippen molar-refractivity contribution in [1.82, 2.24) is 0 Å². The average Bonchev–Trinajstić information content (AvgIpc) is 2.60. The van der Waals surface area contributed by atoms with Crippen LogP contribution in [0.4, 0.5) is 11.4 Å². The van der Waals surface area contributed by atoms with Gasteiger partial charge in [-0.15, -0.1) is 0 Å². The molecule has 8 nitrogen and oxygen atoms in total. The fraction of sp³-hybridized carbons (Fsp3) is 0.118. The molecule has 25 heavy (non-hydrogen) atoms. The number of esters is 1. The summed E-state index contributed by atoms with van der Waals surface area (Å²) in [5.41, 5.74) is 12.1. The lowest BCUT2D eigenvalue weighted by Gasteiger charge is -2.08. The summed E-state index contributed by atoms with van der Waals surface area (Å²) in [7, 11) is 1.46. The van der Waals surface area contributed by atoms with Gasteiger partial charge in [0.2, 0.25) is 5.91 Å². The summed E-state index contributed by atoms with van der Waals surface area (Å²) in [6.45, 7) is -0.470. The average molecular weight is 343 g/mol. The zero-order chi connectivity index (χ0) is 18.4. The van der Waals surface area contributed by atoms with E-state index in [4.69, 9.17) is 20.9 Å². The van der Waals surface area contributed by atoms with Crippen molar-refractivity contribution in [3.63, 3.8) is 0 Å². The van der Waals surface area contributed by atoms with E-state index in [1.165, 1.54) is 49.6 Å². The summed E-state index contributed by atoms with van der Waals surface area (Å²) in [4.78, 5) is 34.7. The standard InChI is InChI=1S/C17H17N3O5/c1-24-14-7-4-11(8-13(14)18)17(23)25-9-15(21)20-12-5-2-10(3-6-12)16(19)22/h2-8H,9,18H2,1H3,(H2,19,22)(H,20,21). The fourth-order valence-electron chi connectivity index (χ4n) is 1.99. The first-order valence-electron chi connectivity index (χ1n) is 7.21. The monoisotopic (exact) mass is 343 g/mol. The molecule has 0 saturated heterocycles. The number of rotatable bonds is 6. The van der Waals surface area contributed by atoms with E-state index in [-0.39, 0.29) is 11.3 Å². The van der Waals surface area contributed by atoms with Gasteiger partial charge in [0.15, 0.2) is 6.61 Å². The molecule has 0 saturated carbocycles. The molecular weight excluding hydrogens is 326 g/mol. The smallest absolute Gasteiger partial charge is 0.338 e. The second-order valence-electron chi connectivity index (χ2n) is 5.02. The van der Waals surface area contributed by atoms with E-state index in [0.29, 0.717) is 17.0 Å². The summed E-state index contributed by atoms with van der Waals surface area (Å²) in [6.07, 6.45) is 0. The molecule has 0 aliphatic heterocycles. The number of hydrogen-bond donors (Lipinski definition) is 3. The molecule has 130 valence electrons. The van der Waals surface area contributed by atoms with Gasteiger partial charge < -0.3 is 26.3 Å². The van der Waals surface area contributed by atoms with Crippen LogP contribution in [0.1, 0.15) is 20.7 Å². The van der Waals surface area contributed by atoms with Gasteiger partial charge in [0, 0.05) is 11.3 Å². The van der Waals surface area contributed by atoms with Gasteiger partial charge in [-0.3, -0.25) is 9.59 Å². The van der Waals surface area contributed by atoms with Crippen molar-refractivity contribution >= 4 is 29.2 Å². The number of ether oxygens (including phenoxy) is 2. The molecule has 0 bridgehead atoms. The molecule has 0 spiro atoms. The number of nitrogens with two attached hydrogens (primary N) is 2. The third-order valence-corrected chi connectivity index (χ3v) is 3.25. The van der Waals surface area contributed by atoms with Crippen LogP contribution in [0.2, 0.25) is 0 Å². The molecular formula is C17H17N3O5. The number of carbonyl (C=O) groups is 3. The van der Waals surface area contributed by atoms with E-state index in [0.717, 1.165) is 0 Å². The molecule has 2 aromatic carbocycles. The summed E-state index contributed by atoms with van der Waals surface area (Å²) < 4.78 is 9.93. The lowest BCUT2D eigenvalue weighted by molar-refractivity contribution is -0.119. The van der Waals surface area contributed by atoms with Gasteiger partial charge in [-0.05, 0) is 42.5 Å². The van der Waals surface area contributed by atoms with Crippen LogP contribution in [0.5, 0.6) is 5.75 Å². The molecule has 5 N–H and O–H groups in total. The van der Waals surface area contributed by atoms with Crippen molar-refractivity contribution in [2.24, 2.45) is 5.73 Å². The number of benzene rings is 2. The molecule has 2 aromatic rings. The van der Waals surface area contributed by atoms with Crippen LogP contribution in [-0.4, -0.2) is 31.5 Å². The van der Waals surface area contributed by atoms with E-state index in [9.17, 15) is 14.4 Å². The highest BCUT2D eigenvalue weighted by molar-refractivity contribution is 5.97. The highest BCUT2D eigenvalue weighted by atomic mass is 16.5. The number of nitrogens with one attached hydrogen (secondary N) is 1. The Morgan fingerprint density at radius 2 is 1.68 bits per heavy atom. The summed E-state index contributed by atoms with van der Waals surface area (Å²) in [6, 6.07) is 10.4. The van der Waals surface area contributed by atoms with E-state index in [1.54, 1.807) is 0 Å². The number of hydrogen-bond acceptors (Lipinski definition) is 6. The number of primary amides is 1. The van der Waals surface area contributed by atoms with E-state index in [2.05, 4.69) is 5.32 Å². The quantitative estimate of drug-likeness (QED) is 0.532. The SMILES string of the molecule is COc1ccc(C(=O)OCC(=O)Nc2ccc(C(N)=O)cc2)cc1N. The van der Waals surface area contributed by atoms with Gasteiger partial charge in [-0.1, -0.05) is 0 Å². The predicted octanol–water partition coefficient (Wildman–Crippen LogP) is 1.17. The molecule has 0 aromatic heterocycles. The second-order valence-corrected chi connectivity index (χ2v) is 5.02. The Morgan fingerprint density at radius 3 is 2.24 bits per heavy atom. The molecule has 0 aliphatic rings. The Balaban J connectivity index is 1.89. The van der Waals surface area contributed by atoms with Crippen molar-refractivity contribution in [3.8, 4) is 5.75 Å². The molecule has 2 rings (SSSR count). The van der Waals surface area contributed by atoms with Crippen LogP contribution in [-0.2, 0) is 9.53 Å². The number of nitrogen functional groups attached to an aromatic ring is 1. The Morgan fingerprint density at radius 1 is 1.04 bits per heavy atom. The summed E-state index contributed by atoms with van der Waals surface area (Å²) in [5.74, 6) is -1.34. The normalized spacial score (nSPS) is 9.96. The highest BCUT2D eigenvalue weighted by Crippen LogP contribution is 2.22. The Hall–Kier alpha value is -3.55. The van der Waals surface area contributed by atoms with E-state index < -0.39 is 24.4 Å². The third-order valence-electron chi connectivity index (χ3n) is 3.25. The minimum absolute atomic E-state index is 0.205. The molecule has 8 heteroatoms. The minimum Gasteiger partial charge on any atom is -0.495 e. The molecule has 0 atom stereocenters. The molecule has 0 aliphatic carbocycles. The lowest BCUT2D eigenvalue weighted by atomic mass is 10.2. The van der Waals surface area contributed by atoms with Gasteiger partial charge in [0.1, 0.15) is 5.75 Å². The van der Waals surface area contributed by atoms with Crippen LogP contribution >= 0.6 is 0 Å².